The Labute approximate surface area is 196 Å². The van der Waals surface area contributed by atoms with Crippen molar-refractivity contribution in [2.24, 2.45) is 0 Å². The summed E-state index contributed by atoms with van der Waals surface area (Å²) in [5.41, 5.74) is 7.29. The Balaban J connectivity index is 1.49. The number of hydrogen-bond donors (Lipinski definition) is 0. The van der Waals surface area contributed by atoms with Gasteiger partial charge in [-0.05, 0) is 46.8 Å². The third-order valence-electron chi connectivity index (χ3n) is 6.49. The molecule has 0 fully saturated rings. The largest absolute Gasteiger partial charge is 0.464 e. The molecule has 0 saturated carbocycles. The van der Waals surface area contributed by atoms with Crippen LogP contribution in [0.2, 0.25) is 0 Å². The Bertz CT molecular complexity index is 1800. The van der Waals surface area contributed by atoms with Crippen molar-refractivity contribution in [3.63, 3.8) is 0 Å². The number of fused-ring (bicyclic) bond motifs is 3. The molecule has 2 aromatic heterocycles. The van der Waals surface area contributed by atoms with Crippen molar-refractivity contribution in [2.75, 3.05) is 0 Å². The van der Waals surface area contributed by atoms with Gasteiger partial charge in [0.15, 0.2) is 0 Å². The van der Waals surface area contributed by atoms with E-state index in [2.05, 4.69) is 108 Å². The van der Waals surface area contributed by atoms with E-state index in [-0.39, 0.29) is 0 Å². The third-order valence-corrected chi connectivity index (χ3v) is 6.49. The van der Waals surface area contributed by atoms with E-state index in [1.165, 1.54) is 16.3 Å². The summed E-state index contributed by atoms with van der Waals surface area (Å²) in [5, 5.41) is 3.44. The first-order chi connectivity index (χ1) is 16.9. The number of furan rings is 1. The molecule has 7 aromatic rings. The molecule has 0 aliphatic carbocycles. The topological polar surface area (TPSA) is 31.0 Å². The highest BCUT2D eigenvalue weighted by atomic mass is 16.3. The van der Waals surface area contributed by atoms with Gasteiger partial charge in [0, 0.05) is 10.8 Å². The third kappa shape index (κ3) is 2.87. The van der Waals surface area contributed by atoms with Crippen LogP contribution >= 0.6 is 0 Å². The molecule has 0 saturated heterocycles. The lowest BCUT2D eigenvalue weighted by molar-refractivity contribution is 0.616. The minimum Gasteiger partial charge on any atom is -0.464 e. The lowest BCUT2D eigenvalue weighted by Gasteiger charge is -2.12. The summed E-state index contributed by atoms with van der Waals surface area (Å²) in [6.45, 7) is 0. The van der Waals surface area contributed by atoms with Crippen molar-refractivity contribution >= 4 is 32.8 Å². The van der Waals surface area contributed by atoms with Crippen LogP contribution in [0.5, 0.6) is 0 Å². The minimum absolute atomic E-state index is 0.855. The molecule has 0 bridgehead atoms. The molecule has 34 heavy (non-hydrogen) atoms. The van der Waals surface area contributed by atoms with Crippen molar-refractivity contribution in [3.8, 4) is 28.2 Å². The molecule has 3 heteroatoms. The van der Waals surface area contributed by atoms with Gasteiger partial charge in [-0.25, -0.2) is 4.98 Å². The fourth-order valence-corrected chi connectivity index (χ4v) is 4.87. The second-order valence-electron chi connectivity index (χ2n) is 8.48. The van der Waals surface area contributed by atoms with Crippen LogP contribution in [-0.4, -0.2) is 9.55 Å². The second kappa shape index (κ2) is 7.46. The molecule has 160 valence electrons. The molecule has 0 aliphatic heterocycles. The SMILES string of the molecule is c1ccc(-c2ccc3c(-c4nc5ccccc5n4-c4cccc5ccccc45)coc3c2)cc1. The summed E-state index contributed by atoms with van der Waals surface area (Å²) >= 11 is 0. The van der Waals surface area contributed by atoms with Gasteiger partial charge in [0.2, 0.25) is 0 Å². The first kappa shape index (κ1) is 18.9. The molecule has 7 rings (SSSR count). The van der Waals surface area contributed by atoms with Crippen molar-refractivity contribution in [1.29, 1.82) is 0 Å². The highest BCUT2D eigenvalue weighted by Gasteiger charge is 2.19. The van der Waals surface area contributed by atoms with E-state index in [1.54, 1.807) is 0 Å². The summed E-state index contributed by atoms with van der Waals surface area (Å²) in [7, 11) is 0. The monoisotopic (exact) mass is 436 g/mol. The summed E-state index contributed by atoms with van der Waals surface area (Å²) in [6, 6.07) is 40.0. The number of rotatable bonds is 3. The number of aromatic nitrogens is 2. The lowest BCUT2D eigenvalue weighted by Crippen LogP contribution is -1.98. The Morgan fingerprint density at radius 1 is 0.618 bits per heavy atom. The van der Waals surface area contributed by atoms with Crippen LogP contribution in [-0.2, 0) is 0 Å². The van der Waals surface area contributed by atoms with E-state index in [1.807, 2.05) is 18.4 Å². The highest BCUT2D eigenvalue weighted by molar-refractivity contribution is 5.99. The van der Waals surface area contributed by atoms with Crippen LogP contribution in [0.3, 0.4) is 0 Å². The number of benzene rings is 5. The van der Waals surface area contributed by atoms with Crippen LogP contribution in [0, 0.1) is 0 Å². The molecule has 0 spiro atoms. The van der Waals surface area contributed by atoms with Gasteiger partial charge in [0.1, 0.15) is 17.7 Å². The number of imidazole rings is 1. The lowest BCUT2D eigenvalue weighted by atomic mass is 10.0. The molecule has 0 radical (unpaired) electrons. The molecular formula is C31H20N2O. The van der Waals surface area contributed by atoms with E-state index < -0.39 is 0 Å². The summed E-state index contributed by atoms with van der Waals surface area (Å²) in [5.74, 6) is 0.878. The zero-order valence-electron chi connectivity index (χ0n) is 18.3. The van der Waals surface area contributed by atoms with Gasteiger partial charge in [0.25, 0.3) is 0 Å². The van der Waals surface area contributed by atoms with Gasteiger partial charge in [-0.2, -0.15) is 0 Å². The molecular weight excluding hydrogens is 416 g/mol. The Kier molecular flexibility index (Phi) is 4.15. The Morgan fingerprint density at radius 2 is 1.41 bits per heavy atom. The number of hydrogen-bond acceptors (Lipinski definition) is 2. The van der Waals surface area contributed by atoms with Crippen LogP contribution < -0.4 is 0 Å². The Morgan fingerprint density at radius 3 is 2.35 bits per heavy atom. The molecule has 3 nitrogen and oxygen atoms in total. The van der Waals surface area contributed by atoms with E-state index in [9.17, 15) is 0 Å². The zero-order chi connectivity index (χ0) is 22.5. The van der Waals surface area contributed by atoms with Crippen molar-refractivity contribution in [1.82, 2.24) is 9.55 Å². The predicted molar refractivity (Wildman–Crippen MR) is 139 cm³/mol. The maximum absolute atomic E-state index is 6.09. The van der Waals surface area contributed by atoms with E-state index in [4.69, 9.17) is 9.40 Å². The average molecular weight is 437 g/mol. The molecule has 2 heterocycles. The minimum atomic E-state index is 0.855. The molecule has 5 aromatic carbocycles. The van der Waals surface area contributed by atoms with E-state index >= 15 is 0 Å². The van der Waals surface area contributed by atoms with Crippen molar-refractivity contribution in [2.45, 2.75) is 0 Å². The smallest absolute Gasteiger partial charge is 0.149 e. The van der Waals surface area contributed by atoms with E-state index in [0.29, 0.717) is 0 Å². The molecule has 0 atom stereocenters. The summed E-state index contributed by atoms with van der Waals surface area (Å²) in [4.78, 5) is 5.07. The second-order valence-corrected chi connectivity index (χ2v) is 8.48. The van der Waals surface area contributed by atoms with Gasteiger partial charge in [-0.15, -0.1) is 0 Å². The van der Waals surface area contributed by atoms with Crippen LogP contribution in [0.4, 0.5) is 0 Å². The van der Waals surface area contributed by atoms with Gasteiger partial charge in [-0.3, -0.25) is 4.57 Å². The maximum atomic E-state index is 6.09. The van der Waals surface area contributed by atoms with Crippen molar-refractivity contribution in [3.05, 3.63) is 122 Å². The van der Waals surface area contributed by atoms with Crippen molar-refractivity contribution < 1.29 is 4.42 Å². The van der Waals surface area contributed by atoms with Gasteiger partial charge in [-0.1, -0.05) is 84.9 Å². The fraction of sp³-hybridized carbons (Fsp3) is 0. The van der Waals surface area contributed by atoms with Crippen LogP contribution in [0.15, 0.2) is 126 Å². The quantitative estimate of drug-likeness (QED) is 0.279. The van der Waals surface area contributed by atoms with Gasteiger partial charge in [0.05, 0.1) is 22.3 Å². The molecule has 0 N–H and O–H groups in total. The van der Waals surface area contributed by atoms with Gasteiger partial charge < -0.3 is 4.42 Å². The van der Waals surface area contributed by atoms with E-state index in [0.717, 1.165) is 44.6 Å². The molecule has 0 aliphatic rings. The highest BCUT2D eigenvalue weighted by Crippen LogP contribution is 2.37. The fourth-order valence-electron chi connectivity index (χ4n) is 4.87. The summed E-state index contributed by atoms with van der Waals surface area (Å²) < 4.78 is 8.34. The predicted octanol–water partition coefficient (Wildman–Crippen LogP) is 8.26. The number of nitrogens with zero attached hydrogens (tertiary/aromatic N) is 2. The summed E-state index contributed by atoms with van der Waals surface area (Å²) in [6.07, 6.45) is 1.84. The van der Waals surface area contributed by atoms with Crippen LogP contribution in [0.25, 0.3) is 61.0 Å². The first-order valence-corrected chi connectivity index (χ1v) is 11.4. The van der Waals surface area contributed by atoms with Crippen LogP contribution in [0.1, 0.15) is 0 Å². The average Bonchev–Trinajstić information content (AvgIpc) is 3.50. The standard InChI is InChI=1S/C31H20N2O/c1-2-9-21(10-3-1)23-17-18-25-26(20-34-30(25)19-23)31-32-27-14-6-7-15-29(27)33(31)28-16-8-12-22-11-4-5-13-24(22)28/h1-20H. The normalized spacial score (nSPS) is 11.5. The zero-order valence-corrected chi connectivity index (χ0v) is 18.3. The maximum Gasteiger partial charge on any atom is 0.149 e. The first-order valence-electron chi connectivity index (χ1n) is 11.4. The molecule has 0 unspecified atom stereocenters. The Hall–Kier alpha value is -4.63. The number of para-hydroxylation sites is 2. The molecule has 0 amide bonds. The van der Waals surface area contributed by atoms with Gasteiger partial charge >= 0.3 is 0 Å².